The van der Waals surface area contributed by atoms with Crippen molar-refractivity contribution < 1.29 is 22.0 Å². The van der Waals surface area contributed by atoms with Crippen molar-refractivity contribution >= 4 is 48.9 Å². The number of rotatable bonds is 4. The quantitative estimate of drug-likeness (QED) is 0.493. The highest BCUT2D eigenvalue weighted by Crippen LogP contribution is 2.41. The number of amides is 1. The number of hydrogen-bond donors (Lipinski definition) is 1. The molecule has 1 amide bonds. The third-order valence-corrected chi connectivity index (χ3v) is 7.49. The predicted molar refractivity (Wildman–Crippen MR) is 115 cm³/mol. The zero-order chi connectivity index (χ0) is 21.8. The molecule has 0 fully saturated rings. The molecule has 1 aromatic heterocycles. The van der Waals surface area contributed by atoms with Crippen LogP contribution in [-0.4, -0.2) is 25.9 Å². The second-order valence-corrected chi connectivity index (χ2v) is 9.55. The van der Waals surface area contributed by atoms with Crippen molar-refractivity contribution in [2.45, 2.75) is 4.90 Å². The van der Waals surface area contributed by atoms with Crippen molar-refractivity contribution in [1.29, 1.82) is 0 Å². The Morgan fingerprint density at radius 3 is 2.61 bits per heavy atom. The first-order valence-corrected chi connectivity index (χ1v) is 11.4. The van der Waals surface area contributed by atoms with Crippen LogP contribution >= 0.6 is 11.3 Å². The lowest BCUT2D eigenvalue weighted by Crippen LogP contribution is -2.35. The molecule has 6 nitrogen and oxygen atoms in total. The lowest BCUT2D eigenvalue weighted by molar-refractivity contribution is -0.114. The van der Waals surface area contributed by atoms with Gasteiger partial charge in [0.25, 0.3) is 10.0 Å². The minimum Gasteiger partial charge on any atom is -0.300 e. The van der Waals surface area contributed by atoms with E-state index < -0.39 is 34.1 Å². The minimum absolute atomic E-state index is 0.170. The summed E-state index contributed by atoms with van der Waals surface area (Å²) in [6, 6.07) is 13.6. The van der Waals surface area contributed by atoms with Gasteiger partial charge in [0.1, 0.15) is 6.54 Å². The van der Waals surface area contributed by atoms with Crippen LogP contribution in [-0.2, 0) is 14.8 Å². The van der Waals surface area contributed by atoms with Gasteiger partial charge in [0, 0.05) is 16.3 Å². The third-order valence-electron chi connectivity index (χ3n) is 4.93. The smallest absolute Gasteiger partial charge is 0.265 e. The molecule has 1 N–H and O–H groups in total. The lowest BCUT2D eigenvalue weighted by Gasteiger charge is -2.17. The van der Waals surface area contributed by atoms with Crippen LogP contribution in [0.2, 0.25) is 0 Å². The number of sulfonamides is 1. The third kappa shape index (κ3) is 3.24. The van der Waals surface area contributed by atoms with Crippen LogP contribution in [0.25, 0.3) is 22.0 Å². The first kappa shape index (κ1) is 19.6. The van der Waals surface area contributed by atoms with Crippen molar-refractivity contribution in [2.75, 3.05) is 16.2 Å². The van der Waals surface area contributed by atoms with E-state index in [2.05, 4.69) is 10.3 Å². The summed E-state index contributed by atoms with van der Waals surface area (Å²) >= 11 is 1.10. The van der Waals surface area contributed by atoms with E-state index in [9.17, 15) is 22.0 Å². The molecule has 0 unspecified atom stereocenters. The number of carbonyl (C=O) groups is 1. The molecule has 0 bridgehead atoms. The van der Waals surface area contributed by atoms with Gasteiger partial charge in [0.2, 0.25) is 5.91 Å². The van der Waals surface area contributed by atoms with Gasteiger partial charge < -0.3 is 5.32 Å². The van der Waals surface area contributed by atoms with E-state index in [1.807, 2.05) is 12.1 Å². The van der Waals surface area contributed by atoms with Crippen molar-refractivity contribution in [1.82, 2.24) is 4.98 Å². The summed E-state index contributed by atoms with van der Waals surface area (Å²) in [4.78, 5) is 17.0. The maximum Gasteiger partial charge on any atom is 0.265 e. The summed E-state index contributed by atoms with van der Waals surface area (Å²) in [6.45, 7) is -0.420. The summed E-state index contributed by atoms with van der Waals surface area (Å²) in [5.41, 5.74) is 1.18. The number of nitrogens with zero attached hydrogens (tertiary/aromatic N) is 2. The maximum atomic E-state index is 13.5. The number of aromatic nitrogens is 1. The molecule has 3 aromatic carbocycles. The summed E-state index contributed by atoms with van der Waals surface area (Å²) in [6.07, 6.45) is 0. The molecule has 0 radical (unpaired) electrons. The van der Waals surface area contributed by atoms with Crippen LogP contribution in [0.1, 0.15) is 0 Å². The Bertz CT molecular complexity index is 1460. The predicted octanol–water partition coefficient (Wildman–Crippen LogP) is 4.39. The summed E-state index contributed by atoms with van der Waals surface area (Å²) in [5.74, 6) is -2.53. The normalized spacial score (nSPS) is 14.2. The highest BCUT2D eigenvalue weighted by atomic mass is 32.2. The van der Waals surface area contributed by atoms with Gasteiger partial charge >= 0.3 is 0 Å². The fourth-order valence-electron chi connectivity index (χ4n) is 3.54. The zero-order valence-corrected chi connectivity index (χ0v) is 17.3. The zero-order valence-electron chi connectivity index (χ0n) is 15.7. The molecular weight excluding hydrogens is 444 g/mol. The molecule has 4 aromatic rings. The molecule has 156 valence electrons. The highest BCUT2D eigenvalue weighted by molar-refractivity contribution is 7.93. The van der Waals surface area contributed by atoms with Gasteiger partial charge in [-0.15, -0.1) is 11.3 Å². The van der Waals surface area contributed by atoms with E-state index in [1.54, 1.807) is 23.6 Å². The summed E-state index contributed by atoms with van der Waals surface area (Å²) in [5, 5.41) is 5.75. The Morgan fingerprint density at radius 1 is 1.06 bits per heavy atom. The molecule has 0 saturated heterocycles. The van der Waals surface area contributed by atoms with Crippen molar-refractivity contribution in [3.05, 3.63) is 71.6 Å². The van der Waals surface area contributed by atoms with Gasteiger partial charge in [-0.1, -0.05) is 24.3 Å². The average molecular weight is 457 g/mol. The molecule has 0 atom stereocenters. The number of halogens is 2. The maximum absolute atomic E-state index is 13.5. The molecule has 10 heteroatoms. The van der Waals surface area contributed by atoms with Gasteiger partial charge in [-0.05, 0) is 35.7 Å². The Morgan fingerprint density at radius 2 is 1.84 bits per heavy atom. The van der Waals surface area contributed by atoms with Crippen molar-refractivity contribution in [2.24, 2.45) is 0 Å². The summed E-state index contributed by atoms with van der Waals surface area (Å²) in [7, 11) is -3.85. The SMILES string of the molecule is O=C(CN1c2cccc3cccc(c23)S1(=O)=O)Nc1nc(-c2ccc(F)c(F)c2)cs1. The van der Waals surface area contributed by atoms with Gasteiger partial charge in [0.05, 0.1) is 16.3 Å². The van der Waals surface area contributed by atoms with E-state index in [0.29, 0.717) is 22.3 Å². The largest absolute Gasteiger partial charge is 0.300 e. The van der Waals surface area contributed by atoms with E-state index >= 15 is 0 Å². The van der Waals surface area contributed by atoms with Gasteiger partial charge in [0.15, 0.2) is 16.8 Å². The van der Waals surface area contributed by atoms with Gasteiger partial charge in [-0.25, -0.2) is 22.2 Å². The Kier molecular flexibility index (Phi) is 4.49. The van der Waals surface area contributed by atoms with Crippen LogP contribution < -0.4 is 9.62 Å². The number of nitrogens with one attached hydrogen (secondary N) is 1. The van der Waals surface area contributed by atoms with E-state index in [1.165, 1.54) is 12.1 Å². The highest BCUT2D eigenvalue weighted by Gasteiger charge is 2.36. The first-order chi connectivity index (χ1) is 14.8. The molecule has 31 heavy (non-hydrogen) atoms. The summed E-state index contributed by atoms with van der Waals surface area (Å²) < 4.78 is 53.6. The molecular formula is C21H13F2N3O3S2. The Hall–Kier alpha value is -3.37. The fraction of sp³-hybridized carbons (Fsp3) is 0.0476. The van der Waals surface area contributed by atoms with Gasteiger partial charge in [-0.3, -0.25) is 9.10 Å². The van der Waals surface area contributed by atoms with Crippen LogP contribution in [0.15, 0.2) is 64.9 Å². The van der Waals surface area contributed by atoms with Crippen LogP contribution in [0.5, 0.6) is 0 Å². The number of hydrogen-bond acceptors (Lipinski definition) is 5. The van der Waals surface area contributed by atoms with E-state index in [0.717, 1.165) is 33.2 Å². The second kappa shape index (κ2) is 7.10. The molecule has 0 aliphatic carbocycles. The molecule has 1 aliphatic heterocycles. The lowest BCUT2D eigenvalue weighted by atomic mass is 10.1. The van der Waals surface area contributed by atoms with Crippen molar-refractivity contribution in [3.8, 4) is 11.3 Å². The molecule has 5 rings (SSSR count). The van der Waals surface area contributed by atoms with E-state index in [-0.39, 0.29) is 10.0 Å². The molecule has 0 spiro atoms. The standard InChI is InChI=1S/C21H13F2N3O3S2/c22-14-8-7-13(9-15(14)23)16-11-30-21(24-16)25-19(27)10-26-17-5-1-3-12-4-2-6-18(20(12)17)31(26,28)29/h1-9,11H,10H2,(H,24,25,27). The first-order valence-electron chi connectivity index (χ1n) is 9.10. The van der Waals surface area contributed by atoms with Gasteiger partial charge in [-0.2, -0.15) is 0 Å². The monoisotopic (exact) mass is 457 g/mol. The fourth-order valence-corrected chi connectivity index (χ4v) is 5.94. The van der Waals surface area contributed by atoms with Crippen LogP contribution in [0.4, 0.5) is 19.6 Å². The molecule has 2 heterocycles. The molecule has 0 saturated carbocycles. The minimum atomic E-state index is -3.85. The number of anilines is 2. The Labute approximate surface area is 179 Å². The average Bonchev–Trinajstić information content (AvgIpc) is 3.28. The second-order valence-electron chi connectivity index (χ2n) is 6.86. The van der Waals surface area contributed by atoms with Crippen LogP contribution in [0.3, 0.4) is 0 Å². The van der Waals surface area contributed by atoms with Crippen LogP contribution in [0, 0.1) is 11.6 Å². The number of carbonyl (C=O) groups excluding carboxylic acids is 1. The van der Waals surface area contributed by atoms with Crippen molar-refractivity contribution in [3.63, 3.8) is 0 Å². The number of benzene rings is 3. The van der Waals surface area contributed by atoms with E-state index in [4.69, 9.17) is 0 Å². The topological polar surface area (TPSA) is 79.4 Å². The Balaban J connectivity index is 1.38. The molecule has 1 aliphatic rings. The number of thiazole rings is 1.